The smallest absolute Gasteiger partial charge is 0.135 e. The number of benzene rings is 4. The van der Waals surface area contributed by atoms with Gasteiger partial charge in [-0.05, 0) is 126 Å². The summed E-state index contributed by atoms with van der Waals surface area (Å²) in [6.45, 7) is 4.69. The van der Waals surface area contributed by atoms with Gasteiger partial charge in [-0.1, -0.05) is 50.3 Å². The van der Waals surface area contributed by atoms with Crippen LogP contribution < -0.4 is 14.4 Å². The van der Waals surface area contributed by atoms with E-state index in [4.69, 9.17) is 14.5 Å². The van der Waals surface area contributed by atoms with Crippen molar-refractivity contribution in [3.05, 3.63) is 131 Å². The Kier molecular flexibility index (Phi) is 8.17. The number of methoxy groups -OCH3 is 2. The number of nitrogens with zero attached hydrogens (tertiary/aromatic N) is 3. The molecule has 1 heterocycles. The first-order valence-electron chi connectivity index (χ1n) is 16.0. The minimum Gasteiger partial charge on any atom is -0.497 e. The Balaban J connectivity index is 1.24. The number of hydrogen-bond donors (Lipinski definition) is 0. The molecule has 1 aromatic heterocycles. The van der Waals surface area contributed by atoms with Gasteiger partial charge in [-0.3, -0.25) is 0 Å². The molecule has 0 aliphatic heterocycles. The average Bonchev–Trinajstić information content (AvgIpc) is 3.53. The summed E-state index contributed by atoms with van der Waals surface area (Å²) >= 11 is 1.60. The van der Waals surface area contributed by atoms with Crippen LogP contribution in [0.5, 0.6) is 11.5 Å². The van der Waals surface area contributed by atoms with Gasteiger partial charge in [0.25, 0.3) is 0 Å². The predicted molar refractivity (Wildman–Crippen MR) is 194 cm³/mol. The molecule has 1 unspecified atom stereocenters. The molecule has 6 heteroatoms. The maximum absolute atomic E-state index is 10.3. The van der Waals surface area contributed by atoms with E-state index >= 15 is 0 Å². The number of fused-ring (bicyclic) bond motifs is 2. The zero-order valence-electron chi connectivity index (χ0n) is 27.2. The SMILES string of the molecule is COc1ccc(N(c2ccc(OC)cc2)c2ccc(C3=CC4=C/C(=C(\C#N)c5nc6ccccc6s5)CC(C)(C)C4CC3)cc2)cc1. The minimum atomic E-state index is 0.0430. The van der Waals surface area contributed by atoms with Crippen LogP contribution in [0, 0.1) is 22.7 Å². The summed E-state index contributed by atoms with van der Waals surface area (Å²) in [4.78, 5) is 7.07. The van der Waals surface area contributed by atoms with Crippen LogP contribution in [0.2, 0.25) is 0 Å². The van der Waals surface area contributed by atoms with Crippen LogP contribution in [0.4, 0.5) is 17.1 Å². The lowest BCUT2D eigenvalue weighted by molar-refractivity contribution is 0.228. The van der Waals surface area contributed by atoms with E-state index in [9.17, 15) is 5.26 Å². The number of allylic oxidation sites excluding steroid dienone is 6. The predicted octanol–water partition coefficient (Wildman–Crippen LogP) is 10.9. The second-order valence-corrected chi connectivity index (χ2v) is 13.9. The van der Waals surface area contributed by atoms with E-state index in [0.29, 0.717) is 11.5 Å². The van der Waals surface area contributed by atoms with E-state index in [2.05, 4.69) is 91.6 Å². The first kappa shape index (κ1) is 30.5. The maximum Gasteiger partial charge on any atom is 0.135 e. The average molecular weight is 636 g/mol. The molecule has 0 N–H and O–H groups in total. The molecule has 0 saturated carbocycles. The molecule has 0 radical (unpaired) electrons. The van der Waals surface area contributed by atoms with Crippen molar-refractivity contribution in [1.82, 2.24) is 4.98 Å². The van der Waals surface area contributed by atoms with Gasteiger partial charge in [-0.25, -0.2) is 4.98 Å². The highest BCUT2D eigenvalue weighted by molar-refractivity contribution is 7.19. The molecule has 0 spiro atoms. The zero-order chi connectivity index (χ0) is 32.5. The highest BCUT2D eigenvalue weighted by atomic mass is 32.1. The molecule has 0 bridgehead atoms. The van der Waals surface area contributed by atoms with Crippen LogP contribution in [-0.4, -0.2) is 19.2 Å². The molecule has 4 aromatic carbocycles. The number of nitriles is 1. The van der Waals surface area contributed by atoms with Crippen molar-refractivity contribution in [2.24, 2.45) is 11.3 Å². The summed E-state index contributed by atoms with van der Waals surface area (Å²) in [5.41, 5.74) is 9.79. The lowest BCUT2D eigenvalue weighted by Gasteiger charge is -2.42. The van der Waals surface area contributed by atoms with Gasteiger partial charge in [0, 0.05) is 17.1 Å². The van der Waals surface area contributed by atoms with Gasteiger partial charge >= 0.3 is 0 Å². The third-order valence-electron chi connectivity index (χ3n) is 9.47. The van der Waals surface area contributed by atoms with Crippen LogP contribution >= 0.6 is 11.3 Å². The van der Waals surface area contributed by atoms with Crippen LogP contribution in [0.1, 0.15) is 43.7 Å². The number of hydrogen-bond acceptors (Lipinski definition) is 6. The molecular formula is C41H37N3O2S. The maximum atomic E-state index is 10.3. The molecule has 2 aliphatic carbocycles. The van der Waals surface area contributed by atoms with Gasteiger partial charge in [0.2, 0.25) is 0 Å². The van der Waals surface area contributed by atoms with Crippen LogP contribution in [0.3, 0.4) is 0 Å². The fourth-order valence-corrected chi connectivity index (χ4v) is 8.05. The van der Waals surface area contributed by atoms with E-state index < -0.39 is 0 Å². The van der Waals surface area contributed by atoms with Gasteiger partial charge in [-0.15, -0.1) is 11.3 Å². The zero-order valence-corrected chi connectivity index (χ0v) is 28.0. The molecule has 5 nitrogen and oxygen atoms in total. The van der Waals surface area contributed by atoms with E-state index in [0.717, 1.165) is 68.6 Å². The molecule has 2 aliphatic rings. The Labute approximate surface area is 280 Å². The number of rotatable bonds is 7. The number of ether oxygens (including phenoxy) is 2. The monoisotopic (exact) mass is 635 g/mol. The van der Waals surface area contributed by atoms with Crippen molar-refractivity contribution in [2.45, 2.75) is 33.1 Å². The third kappa shape index (κ3) is 5.95. The van der Waals surface area contributed by atoms with Gasteiger partial charge in [0.05, 0.1) is 30.0 Å². The molecule has 234 valence electrons. The lowest BCUT2D eigenvalue weighted by Crippen LogP contribution is -2.31. The third-order valence-corrected chi connectivity index (χ3v) is 10.5. The van der Waals surface area contributed by atoms with Crippen molar-refractivity contribution in [2.75, 3.05) is 19.1 Å². The van der Waals surface area contributed by atoms with Crippen molar-refractivity contribution in [3.8, 4) is 17.6 Å². The Bertz CT molecular complexity index is 1980. The number of thiazole rings is 1. The van der Waals surface area contributed by atoms with E-state index in [1.165, 1.54) is 16.7 Å². The van der Waals surface area contributed by atoms with Crippen molar-refractivity contribution in [3.63, 3.8) is 0 Å². The molecule has 47 heavy (non-hydrogen) atoms. The second kappa shape index (κ2) is 12.6. The van der Waals surface area contributed by atoms with Crippen molar-refractivity contribution < 1.29 is 9.47 Å². The number of anilines is 3. The molecular weight excluding hydrogens is 599 g/mol. The highest BCUT2D eigenvalue weighted by Gasteiger charge is 2.38. The minimum absolute atomic E-state index is 0.0430. The molecule has 7 rings (SSSR count). The van der Waals surface area contributed by atoms with E-state index in [1.54, 1.807) is 25.6 Å². The summed E-state index contributed by atoms with van der Waals surface area (Å²) in [5.74, 6) is 2.09. The Morgan fingerprint density at radius 1 is 0.830 bits per heavy atom. The number of para-hydroxylation sites is 1. The summed E-state index contributed by atoms with van der Waals surface area (Å²) in [6.07, 6.45) is 7.63. The van der Waals surface area contributed by atoms with E-state index in [-0.39, 0.29) is 5.41 Å². The Hall–Kier alpha value is -5.12. The standard InChI is InChI=1S/C41H37N3O2S/c1-41(2)25-30(36(26-42)40-43-38-7-5-6-8-39(38)47-40)24-29-23-28(11-22-37(29)41)27-9-12-31(13-10-27)44(32-14-18-34(45-3)19-15-32)33-16-20-35(46-4)21-17-33/h5-10,12-21,23-24,37H,11,22,25H2,1-4H3/b36-30-. The van der Waals surface area contributed by atoms with Gasteiger partial charge in [0.15, 0.2) is 0 Å². The van der Waals surface area contributed by atoms with Gasteiger partial charge in [0.1, 0.15) is 22.6 Å². The van der Waals surface area contributed by atoms with E-state index in [1.807, 2.05) is 42.5 Å². The number of aromatic nitrogens is 1. The largest absolute Gasteiger partial charge is 0.497 e. The van der Waals surface area contributed by atoms with Crippen LogP contribution in [-0.2, 0) is 0 Å². The normalized spacial score (nSPS) is 18.0. The quantitative estimate of drug-likeness (QED) is 0.167. The molecule has 0 saturated heterocycles. The molecule has 5 aromatic rings. The van der Waals surface area contributed by atoms with Crippen molar-refractivity contribution >= 4 is 49.8 Å². The topological polar surface area (TPSA) is 58.4 Å². The Morgan fingerprint density at radius 2 is 1.43 bits per heavy atom. The Morgan fingerprint density at radius 3 is 2.00 bits per heavy atom. The molecule has 0 fully saturated rings. The fourth-order valence-electron chi connectivity index (χ4n) is 7.05. The summed E-state index contributed by atoms with van der Waals surface area (Å²) in [7, 11) is 3.37. The first-order chi connectivity index (χ1) is 22.9. The fraction of sp³-hybridized carbons (Fsp3) is 0.220. The van der Waals surface area contributed by atoms with Crippen molar-refractivity contribution in [1.29, 1.82) is 5.26 Å². The molecule has 1 atom stereocenters. The van der Waals surface area contributed by atoms with Gasteiger partial charge in [-0.2, -0.15) is 5.26 Å². The van der Waals surface area contributed by atoms with Crippen LogP contribution in [0.25, 0.3) is 21.4 Å². The highest BCUT2D eigenvalue weighted by Crippen LogP contribution is 2.51. The van der Waals surface area contributed by atoms with Gasteiger partial charge < -0.3 is 14.4 Å². The molecule has 0 amide bonds. The lowest BCUT2D eigenvalue weighted by atomic mass is 9.62. The summed E-state index contributed by atoms with van der Waals surface area (Å²) in [6, 6.07) is 35.7. The second-order valence-electron chi connectivity index (χ2n) is 12.8. The first-order valence-corrected chi connectivity index (χ1v) is 16.8. The van der Waals surface area contributed by atoms with Crippen LogP contribution in [0.15, 0.2) is 120 Å². The summed E-state index contributed by atoms with van der Waals surface area (Å²) in [5, 5.41) is 11.1. The summed E-state index contributed by atoms with van der Waals surface area (Å²) < 4.78 is 11.9.